The van der Waals surface area contributed by atoms with Gasteiger partial charge in [-0.05, 0) is 11.6 Å². The van der Waals surface area contributed by atoms with Crippen molar-refractivity contribution in [2.45, 2.75) is 6.92 Å². The highest BCUT2D eigenvalue weighted by Gasteiger charge is 2.00. The Balaban J connectivity index is 2.74. The molecule has 0 aliphatic rings. The van der Waals surface area contributed by atoms with E-state index in [0.717, 1.165) is 5.56 Å². The van der Waals surface area contributed by atoms with Crippen molar-refractivity contribution in [1.82, 2.24) is 4.72 Å². The van der Waals surface area contributed by atoms with E-state index < -0.39 is 10.0 Å². The van der Waals surface area contributed by atoms with E-state index >= 15 is 0 Å². The molecule has 0 saturated carbocycles. The molecule has 0 atom stereocenters. The first-order valence-electron chi connectivity index (χ1n) is 4.37. The fraction of sp³-hybridized carbons (Fsp3) is 0.200. The van der Waals surface area contributed by atoms with E-state index in [0.29, 0.717) is 6.54 Å². The van der Waals surface area contributed by atoms with E-state index in [-0.39, 0.29) is 0 Å². The molecule has 0 aliphatic heterocycles. The molecule has 1 aromatic rings. The summed E-state index contributed by atoms with van der Waals surface area (Å²) in [6, 6.07) is 9.30. The number of sulfonamides is 1. The zero-order valence-electron chi connectivity index (χ0n) is 7.97. The number of hydrogen-bond acceptors (Lipinski definition) is 2. The highest BCUT2D eigenvalue weighted by Crippen LogP contribution is 2.02. The summed E-state index contributed by atoms with van der Waals surface area (Å²) >= 11 is 0. The summed E-state index contributed by atoms with van der Waals surface area (Å²) in [5, 5.41) is 1.17. The lowest BCUT2D eigenvalue weighted by atomic mass is 10.2. The predicted octanol–water partition coefficient (Wildman–Crippen LogP) is 1.60. The molecule has 0 heterocycles. The normalized spacial score (nSPS) is 12.1. The molecule has 0 fully saturated rings. The lowest BCUT2D eigenvalue weighted by molar-refractivity contribution is 0.593. The Morgan fingerprint density at radius 3 is 2.50 bits per heavy atom. The lowest BCUT2D eigenvalue weighted by Crippen LogP contribution is -2.20. The van der Waals surface area contributed by atoms with E-state index in [1.165, 1.54) is 5.41 Å². The molecule has 1 rings (SSSR count). The number of benzene rings is 1. The second-order valence-corrected chi connectivity index (χ2v) is 4.41. The summed E-state index contributed by atoms with van der Waals surface area (Å²) in [5.41, 5.74) is 0.869. The van der Waals surface area contributed by atoms with Crippen molar-refractivity contribution in [1.29, 1.82) is 0 Å². The summed E-state index contributed by atoms with van der Waals surface area (Å²) in [4.78, 5) is 0. The van der Waals surface area contributed by atoms with E-state index in [4.69, 9.17) is 0 Å². The standard InChI is InChI=1S/C10H13NO2S/c1-2-11-14(12,13)9-8-10-6-4-3-5-7-10/h3-9,11H,2H2,1H3/b9-8+. The van der Waals surface area contributed by atoms with Crippen LogP contribution in [0.3, 0.4) is 0 Å². The number of hydrogen-bond donors (Lipinski definition) is 1. The van der Waals surface area contributed by atoms with Crippen molar-refractivity contribution >= 4 is 16.1 Å². The van der Waals surface area contributed by atoms with Gasteiger partial charge in [-0.3, -0.25) is 0 Å². The predicted molar refractivity (Wildman–Crippen MR) is 58.1 cm³/mol. The van der Waals surface area contributed by atoms with Gasteiger partial charge in [-0.2, -0.15) is 0 Å². The largest absolute Gasteiger partial charge is 0.233 e. The Morgan fingerprint density at radius 1 is 1.29 bits per heavy atom. The maximum atomic E-state index is 11.2. The van der Waals surface area contributed by atoms with Gasteiger partial charge in [0.25, 0.3) is 0 Å². The Morgan fingerprint density at radius 2 is 1.93 bits per heavy atom. The third-order valence-electron chi connectivity index (χ3n) is 1.58. The van der Waals surface area contributed by atoms with E-state index in [2.05, 4.69) is 4.72 Å². The molecule has 0 unspecified atom stereocenters. The maximum Gasteiger partial charge on any atom is 0.233 e. The molecular formula is C10H13NO2S. The van der Waals surface area contributed by atoms with Crippen LogP contribution in [0.1, 0.15) is 12.5 Å². The summed E-state index contributed by atoms with van der Waals surface area (Å²) < 4.78 is 24.8. The lowest BCUT2D eigenvalue weighted by Gasteiger charge is -1.96. The minimum Gasteiger partial charge on any atom is -0.212 e. The molecule has 0 radical (unpaired) electrons. The van der Waals surface area contributed by atoms with Crippen molar-refractivity contribution in [3.63, 3.8) is 0 Å². The van der Waals surface area contributed by atoms with Crippen LogP contribution in [0.2, 0.25) is 0 Å². The monoisotopic (exact) mass is 211 g/mol. The van der Waals surface area contributed by atoms with Crippen molar-refractivity contribution in [2.75, 3.05) is 6.54 Å². The van der Waals surface area contributed by atoms with Crippen LogP contribution >= 0.6 is 0 Å². The van der Waals surface area contributed by atoms with E-state index in [1.54, 1.807) is 13.0 Å². The van der Waals surface area contributed by atoms with Crippen LogP contribution in [-0.4, -0.2) is 15.0 Å². The van der Waals surface area contributed by atoms with Gasteiger partial charge in [0, 0.05) is 12.0 Å². The first-order valence-corrected chi connectivity index (χ1v) is 5.91. The molecule has 76 valence electrons. The van der Waals surface area contributed by atoms with Crippen molar-refractivity contribution in [3.8, 4) is 0 Å². The fourth-order valence-corrected chi connectivity index (χ4v) is 1.82. The summed E-state index contributed by atoms with van der Waals surface area (Å²) in [5.74, 6) is 0. The van der Waals surface area contributed by atoms with Gasteiger partial charge in [-0.1, -0.05) is 37.3 Å². The van der Waals surface area contributed by atoms with Gasteiger partial charge in [0.1, 0.15) is 0 Å². The average molecular weight is 211 g/mol. The van der Waals surface area contributed by atoms with Crippen molar-refractivity contribution in [3.05, 3.63) is 41.3 Å². The Bertz CT molecular complexity index is 395. The van der Waals surface area contributed by atoms with Crippen LogP contribution < -0.4 is 4.72 Å². The first-order chi connectivity index (χ1) is 6.64. The molecule has 14 heavy (non-hydrogen) atoms. The Kier molecular flexibility index (Phi) is 3.85. The van der Waals surface area contributed by atoms with Gasteiger partial charge in [0.2, 0.25) is 10.0 Å². The summed E-state index contributed by atoms with van der Waals surface area (Å²) in [7, 11) is -3.26. The Labute approximate surface area is 84.5 Å². The molecule has 1 N–H and O–H groups in total. The maximum absolute atomic E-state index is 11.2. The van der Waals surface area contributed by atoms with Gasteiger partial charge >= 0.3 is 0 Å². The second-order valence-electron chi connectivity index (χ2n) is 2.76. The summed E-state index contributed by atoms with van der Waals surface area (Å²) in [6.07, 6.45) is 1.57. The summed E-state index contributed by atoms with van der Waals surface area (Å²) in [6.45, 7) is 2.15. The van der Waals surface area contributed by atoms with E-state index in [1.807, 2.05) is 30.3 Å². The first kappa shape index (κ1) is 10.9. The topological polar surface area (TPSA) is 46.2 Å². The van der Waals surface area contributed by atoms with Gasteiger partial charge in [-0.25, -0.2) is 13.1 Å². The smallest absolute Gasteiger partial charge is 0.212 e. The fourth-order valence-electron chi connectivity index (χ4n) is 0.982. The molecular weight excluding hydrogens is 198 g/mol. The molecule has 4 heteroatoms. The van der Waals surface area contributed by atoms with Gasteiger partial charge in [-0.15, -0.1) is 0 Å². The number of nitrogens with one attached hydrogen (secondary N) is 1. The van der Waals surface area contributed by atoms with Gasteiger partial charge in [0.05, 0.1) is 0 Å². The van der Waals surface area contributed by atoms with Crippen LogP contribution in [-0.2, 0) is 10.0 Å². The molecule has 0 spiro atoms. The quantitative estimate of drug-likeness (QED) is 0.822. The molecule has 3 nitrogen and oxygen atoms in total. The second kappa shape index (κ2) is 4.93. The third-order valence-corrected chi connectivity index (χ3v) is 2.77. The van der Waals surface area contributed by atoms with E-state index in [9.17, 15) is 8.42 Å². The third kappa shape index (κ3) is 3.72. The van der Waals surface area contributed by atoms with Crippen LogP contribution in [0.4, 0.5) is 0 Å². The molecule has 0 amide bonds. The Hall–Kier alpha value is -1.13. The zero-order valence-corrected chi connectivity index (χ0v) is 8.79. The van der Waals surface area contributed by atoms with Crippen LogP contribution in [0, 0.1) is 0 Å². The van der Waals surface area contributed by atoms with Crippen molar-refractivity contribution < 1.29 is 8.42 Å². The molecule has 0 saturated heterocycles. The average Bonchev–Trinajstić information content (AvgIpc) is 2.17. The minimum absolute atomic E-state index is 0.404. The highest BCUT2D eigenvalue weighted by atomic mass is 32.2. The highest BCUT2D eigenvalue weighted by molar-refractivity contribution is 7.92. The minimum atomic E-state index is -3.26. The van der Waals surface area contributed by atoms with Crippen LogP contribution in [0.15, 0.2) is 35.7 Å². The molecule has 0 aromatic heterocycles. The van der Waals surface area contributed by atoms with Crippen molar-refractivity contribution in [2.24, 2.45) is 0 Å². The van der Waals surface area contributed by atoms with Crippen LogP contribution in [0.25, 0.3) is 6.08 Å². The van der Waals surface area contributed by atoms with Gasteiger partial charge in [0.15, 0.2) is 0 Å². The SMILES string of the molecule is CCNS(=O)(=O)/C=C/c1ccccc1. The molecule has 0 aliphatic carbocycles. The van der Waals surface area contributed by atoms with Gasteiger partial charge < -0.3 is 0 Å². The molecule has 0 bridgehead atoms. The van der Waals surface area contributed by atoms with Crippen LogP contribution in [0.5, 0.6) is 0 Å². The molecule has 1 aromatic carbocycles. The number of rotatable bonds is 4. The zero-order chi connectivity index (χ0) is 10.4.